The highest BCUT2D eigenvalue weighted by atomic mass is 32.1. The molecule has 1 N–H and O–H groups in total. The molecule has 0 spiro atoms. The summed E-state index contributed by atoms with van der Waals surface area (Å²) >= 11 is 1.33. The van der Waals surface area contributed by atoms with Crippen LogP contribution < -0.4 is 5.32 Å². The summed E-state index contributed by atoms with van der Waals surface area (Å²) in [5.41, 5.74) is 4.76. The summed E-state index contributed by atoms with van der Waals surface area (Å²) in [5, 5.41) is 12.4. The number of halogens is 1. The van der Waals surface area contributed by atoms with E-state index in [0.29, 0.717) is 24.1 Å². The Labute approximate surface area is 180 Å². The molecule has 156 valence electrons. The zero-order valence-electron chi connectivity index (χ0n) is 17.2. The van der Waals surface area contributed by atoms with Gasteiger partial charge in [-0.3, -0.25) is 9.69 Å². The van der Waals surface area contributed by atoms with Gasteiger partial charge in [0.2, 0.25) is 5.01 Å². The van der Waals surface area contributed by atoms with Crippen molar-refractivity contribution < 1.29 is 9.18 Å². The van der Waals surface area contributed by atoms with E-state index in [1.54, 1.807) is 12.1 Å². The van der Waals surface area contributed by atoms with Crippen molar-refractivity contribution in [2.24, 2.45) is 0 Å². The average molecular weight is 425 g/mol. The van der Waals surface area contributed by atoms with Gasteiger partial charge in [0.05, 0.1) is 6.54 Å². The number of aryl methyl sites for hydroxylation is 2. The van der Waals surface area contributed by atoms with E-state index in [9.17, 15) is 9.18 Å². The molecule has 4 rings (SSSR count). The predicted molar refractivity (Wildman–Crippen MR) is 116 cm³/mol. The smallest absolute Gasteiger partial charge is 0.282 e. The van der Waals surface area contributed by atoms with Crippen molar-refractivity contribution in [3.63, 3.8) is 0 Å². The molecule has 1 fully saturated rings. The molecule has 30 heavy (non-hydrogen) atoms. The molecule has 1 atom stereocenters. The van der Waals surface area contributed by atoms with Crippen LogP contribution in [-0.2, 0) is 13.1 Å². The Bertz CT molecular complexity index is 1010. The van der Waals surface area contributed by atoms with E-state index < -0.39 is 0 Å². The summed E-state index contributed by atoms with van der Waals surface area (Å²) in [7, 11) is 0. The van der Waals surface area contributed by atoms with Crippen molar-refractivity contribution in [1.29, 1.82) is 0 Å². The Morgan fingerprint density at radius 3 is 2.63 bits per heavy atom. The molecular weight excluding hydrogens is 399 g/mol. The fourth-order valence-corrected chi connectivity index (χ4v) is 4.82. The standard InChI is InChI=1S/C23H25FN4OS/c1-15-10-16(2)12-18(11-15)20-4-3-9-28(20)14-21-26-27-23(30-21)22(29)25-13-17-5-7-19(24)8-6-17/h5-8,10-12,20H,3-4,9,13-14H2,1-2H3,(H,25,29). The number of nitrogens with one attached hydrogen (secondary N) is 1. The Hall–Kier alpha value is -2.64. The summed E-state index contributed by atoms with van der Waals surface area (Å²) in [4.78, 5) is 14.8. The third-order valence-corrected chi connectivity index (χ3v) is 6.26. The lowest BCUT2D eigenvalue weighted by atomic mass is 10.00. The number of likely N-dealkylation sites (tertiary alicyclic amines) is 1. The lowest BCUT2D eigenvalue weighted by Crippen LogP contribution is -2.23. The van der Waals surface area contributed by atoms with Crippen molar-refractivity contribution in [2.75, 3.05) is 6.54 Å². The summed E-state index contributed by atoms with van der Waals surface area (Å²) < 4.78 is 13.0. The van der Waals surface area contributed by atoms with E-state index >= 15 is 0 Å². The van der Waals surface area contributed by atoms with Crippen molar-refractivity contribution >= 4 is 17.2 Å². The average Bonchev–Trinajstić information content (AvgIpc) is 3.37. The number of carbonyl (C=O) groups is 1. The lowest BCUT2D eigenvalue weighted by molar-refractivity contribution is 0.0950. The molecule has 1 aliphatic heterocycles. The zero-order valence-corrected chi connectivity index (χ0v) is 18.0. The van der Waals surface area contributed by atoms with Crippen molar-refractivity contribution in [1.82, 2.24) is 20.4 Å². The molecule has 1 amide bonds. The number of benzene rings is 2. The number of carbonyl (C=O) groups excluding carboxylic acids is 1. The lowest BCUT2D eigenvalue weighted by Gasteiger charge is -2.24. The molecule has 0 bridgehead atoms. The van der Waals surface area contributed by atoms with Crippen molar-refractivity contribution in [2.45, 2.75) is 45.8 Å². The van der Waals surface area contributed by atoms with E-state index in [4.69, 9.17) is 0 Å². The van der Waals surface area contributed by atoms with Gasteiger partial charge in [-0.1, -0.05) is 52.8 Å². The quantitative estimate of drug-likeness (QED) is 0.630. The molecule has 7 heteroatoms. The first-order valence-electron chi connectivity index (χ1n) is 10.2. The van der Waals surface area contributed by atoms with Crippen LogP contribution in [0.2, 0.25) is 0 Å². The summed E-state index contributed by atoms with van der Waals surface area (Å²) in [6.45, 7) is 6.31. The molecule has 3 aromatic rings. The Morgan fingerprint density at radius 2 is 1.90 bits per heavy atom. The fraction of sp³-hybridized carbons (Fsp3) is 0.348. The van der Waals surface area contributed by atoms with Crippen LogP contribution in [0.15, 0.2) is 42.5 Å². The van der Waals surface area contributed by atoms with Crippen LogP contribution in [0.25, 0.3) is 0 Å². The third-order valence-electron chi connectivity index (χ3n) is 5.36. The van der Waals surface area contributed by atoms with Crippen LogP contribution in [-0.4, -0.2) is 27.5 Å². The molecule has 5 nitrogen and oxygen atoms in total. The molecule has 2 aromatic carbocycles. The van der Waals surface area contributed by atoms with E-state index in [-0.39, 0.29) is 11.7 Å². The highest BCUT2D eigenvalue weighted by molar-refractivity contribution is 7.13. The molecule has 0 radical (unpaired) electrons. The molecule has 0 saturated carbocycles. The maximum atomic E-state index is 13.0. The molecule has 1 aromatic heterocycles. The Kier molecular flexibility index (Phi) is 6.20. The van der Waals surface area contributed by atoms with Gasteiger partial charge < -0.3 is 5.32 Å². The minimum Gasteiger partial charge on any atom is -0.346 e. The molecule has 2 heterocycles. The molecule has 1 unspecified atom stereocenters. The normalized spacial score (nSPS) is 16.7. The summed E-state index contributed by atoms with van der Waals surface area (Å²) in [5.74, 6) is -0.546. The second kappa shape index (κ2) is 9.02. The van der Waals surface area contributed by atoms with Crippen LogP contribution in [0.5, 0.6) is 0 Å². The van der Waals surface area contributed by atoms with Gasteiger partial charge in [0.1, 0.15) is 10.8 Å². The van der Waals surface area contributed by atoms with Crippen LogP contribution >= 0.6 is 11.3 Å². The monoisotopic (exact) mass is 424 g/mol. The number of hydrogen-bond donors (Lipinski definition) is 1. The zero-order chi connectivity index (χ0) is 21.1. The second-order valence-electron chi connectivity index (χ2n) is 7.86. The maximum absolute atomic E-state index is 13.0. The number of nitrogens with zero attached hydrogens (tertiary/aromatic N) is 3. The van der Waals surface area contributed by atoms with Crippen LogP contribution in [0.1, 0.15) is 55.9 Å². The highest BCUT2D eigenvalue weighted by Crippen LogP contribution is 2.34. The van der Waals surface area contributed by atoms with Gasteiger partial charge in [-0.15, -0.1) is 10.2 Å². The van der Waals surface area contributed by atoms with Gasteiger partial charge in [-0.05, 0) is 56.5 Å². The topological polar surface area (TPSA) is 58.1 Å². The number of amides is 1. The van der Waals surface area contributed by atoms with Gasteiger partial charge in [0.15, 0.2) is 0 Å². The highest BCUT2D eigenvalue weighted by Gasteiger charge is 2.27. The molecular formula is C23H25FN4OS. The minimum atomic E-state index is -0.292. The summed E-state index contributed by atoms with van der Waals surface area (Å²) in [6, 6.07) is 13.2. The minimum absolute atomic E-state index is 0.254. The maximum Gasteiger partial charge on any atom is 0.282 e. The van der Waals surface area contributed by atoms with E-state index in [2.05, 4.69) is 52.5 Å². The van der Waals surface area contributed by atoms with Gasteiger partial charge in [0.25, 0.3) is 5.91 Å². The van der Waals surface area contributed by atoms with E-state index in [1.807, 2.05) is 0 Å². The second-order valence-corrected chi connectivity index (χ2v) is 8.92. The fourth-order valence-electron chi connectivity index (χ4n) is 4.04. The number of hydrogen-bond acceptors (Lipinski definition) is 5. The van der Waals surface area contributed by atoms with Gasteiger partial charge in [0, 0.05) is 12.6 Å². The van der Waals surface area contributed by atoms with Gasteiger partial charge in [-0.2, -0.15) is 0 Å². The Morgan fingerprint density at radius 1 is 1.17 bits per heavy atom. The van der Waals surface area contributed by atoms with E-state index in [0.717, 1.165) is 30.0 Å². The van der Waals surface area contributed by atoms with Gasteiger partial charge >= 0.3 is 0 Å². The largest absolute Gasteiger partial charge is 0.346 e. The molecule has 1 aliphatic rings. The van der Waals surface area contributed by atoms with Crippen LogP contribution in [0.3, 0.4) is 0 Å². The number of rotatable bonds is 6. The van der Waals surface area contributed by atoms with Crippen molar-refractivity contribution in [3.05, 3.63) is 80.6 Å². The first-order valence-corrected chi connectivity index (χ1v) is 11.0. The molecule has 1 saturated heterocycles. The predicted octanol–water partition coefficient (Wildman–Crippen LogP) is 4.56. The Balaban J connectivity index is 1.38. The SMILES string of the molecule is Cc1cc(C)cc(C2CCCN2Cc2nnc(C(=O)NCc3ccc(F)cc3)s2)c1. The molecule has 0 aliphatic carbocycles. The first kappa shape index (κ1) is 20.6. The summed E-state index contributed by atoms with van der Waals surface area (Å²) in [6.07, 6.45) is 2.29. The van der Waals surface area contributed by atoms with E-state index in [1.165, 1.54) is 40.2 Å². The van der Waals surface area contributed by atoms with Crippen LogP contribution in [0.4, 0.5) is 4.39 Å². The number of aromatic nitrogens is 2. The third kappa shape index (κ3) is 4.91. The van der Waals surface area contributed by atoms with Crippen LogP contribution in [0, 0.1) is 19.7 Å². The first-order chi connectivity index (χ1) is 14.5. The van der Waals surface area contributed by atoms with Crippen molar-refractivity contribution in [3.8, 4) is 0 Å². The van der Waals surface area contributed by atoms with Gasteiger partial charge in [-0.25, -0.2) is 4.39 Å².